The topological polar surface area (TPSA) is 122 Å². The number of anilines is 2. The van der Waals surface area contributed by atoms with Crippen molar-refractivity contribution < 1.29 is 22.5 Å². The highest BCUT2D eigenvalue weighted by Gasteiger charge is 2.30. The zero-order chi connectivity index (χ0) is 17.9. The van der Waals surface area contributed by atoms with Crippen molar-refractivity contribution in [2.45, 2.75) is 6.92 Å². The SMILES string of the molecule is COc1cc(C)nc(NC(=O)N(c2ccccc2Cl)S(=O)(=O)O)n1. The molecule has 0 spiro atoms. The number of nitrogens with one attached hydrogen (secondary N) is 1. The number of carbonyl (C=O) groups is 1. The van der Waals surface area contributed by atoms with E-state index in [9.17, 15) is 17.8 Å². The van der Waals surface area contributed by atoms with Gasteiger partial charge in [-0.05, 0) is 19.1 Å². The van der Waals surface area contributed by atoms with E-state index in [1.165, 1.54) is 31.4 Å². The van der Waals surface area contributed by atoms with Crippen molar-refractivity contribution in [3.05, 3.63) is 41.0 Å². The Bertz CT molecular complexity index is 874. The molecule has 1 heterocycles. The molecule has 0 bridgehead atoms. The minimum atomic E-state index is -4.94. The van der Waals surface area contributed by atoms with E-state index in [1.807, 2.05) is 0 Å². The minimum absolute atomic E-state index is 0.0481. The number of rotatable bonds is 4. The average Bonchev–Trinajstić information content (AvgIpc) is 2.47. The van der Waals surface area contributed by atoms with Crippen LogP contribution in [0.3, 0.4) is 0 Å². The third kappa shape index (κ3) is 4.10. The molecule has 0 saturated carbocycles. The maximum atomic E-state index is 12.3. The van der Waals surface area contributed by atoms with E-state index in [-0.39, 0.29) is 26.8 Å². The lowest BCUT2D eigenvalue weighted by molar-refractivity contribution is 0.259. The second-order valence-corrected chi connectivity index (χ2v) is 6.17. The quantitative estimate of drug-likeness (QED) is 0.789. The Hall–Kier alpha value is -2.43. The second-order valence-electron chi connectivity index (χ2n) is 4.50. The zero-order valence-corrected chi connectivity index (χ0v) is 14.2. The van der Waals surface area contributed by atoms with Gasteiger partial charge in [0, 0.05) is 11.8 Å². The highest BCUT2D eigenvalue weighted by Crippen LogP contribution is 2.27. The number of aromatic nitrogens is 2. The number of nitrogens with zero attached hydrogens (tertiary/aromatic N) is 3. The number of hydrogen-bond acceptors (Lipinski definition) is 6. The number of benzene rings is 1. The zero-order valence-electron chi connectivity index (χ0n) is 12.6. The lowest BCUT2D eigenvalue weighted by Gasteiger charge is -2.20. The van der Waals surface area contributed by atoms with Crippen LogP contribution in [0.1, 0.15) is 5.69 Å². The molecule has 2 rings (SSSR count). The number of amides is 2. The van der Waals surface area contributed by atoms with Gasteiger partial charge in [0.05, 0.1) is 17.8 Å². The van der Waals surface area contributed by atoms with Crippen molar-refractivity contribution >= 4 is 39.6 Å². The van der Waals surface area contributed by atoms with Crippen LogP contribution < -0.4 is 14.4 Å². The molecular weight excluding hydrogens is 360 g/mol. The summed E-state index contributed by atoms with van der Waals surface area (Å²) in [6, 6.07) is 5.93. The van der Waals surface area contributed by atoms with E-state index in [0.717, 1.165) is 0 Å². The summed E-state index contributed by atoms with van der Waals surface area (Å²) in [6.45, 7) is 1.63. The second kappa shape index (κ2) is 6.99. The van der Waals surface area contributed by atoms with Gasteiger partial charge in [-0.2, -0.15) is 17.7 Å². The van der Waals surface area contributed by atoms with Gasteiger partial charge >= 0.3 is 16.3 Å². The Balaban J connectivity index is 2.40. The summed E-state index contributed by atoms with van der Waals surface area (Å²) in [5, 5.41) is 2.13. The molecule has 128 valence electrons. The molecule has 0 aliphatic carbocycles. The molecule has 0 fully saturated rings. The van der Waals surface area contributed by atoms with Gasteiger partial charge in [-0.15, -0.1) is 0 Å². The van der Waals surface area contributed by atoms with Gasteiger partial charge in [0.15, 0.2) is 0 Å². The van der Waals surface area contributed by atoms with Crippen LogP contribution >= 0.6 is 11.6 Å². The number of aryl methyl sites for hydroxylation is 1. The number of halogens is 1. The first kappa shape index (κ1) is 17.9. The first-order valence-electron chi connectivity index (χ1n) is 6.45. The summed E-state index contributed by atoms with van der Waals surface area (Å²) in [7, 11) is -3.56. The molecule has 0 radical (unpaired) electrons. The van der Waals surface area contributed by atoms with Gasteiger partial charge < -0.3 is 4.74 Å². The van der Waals surface area contributed by atoms with E-state index in [4.69, 9.17) is 16.3 Å². The third-order valence-electron chi connectivity index (χ3n) is 2.75. The van der Waals surface area contributed by atoms with Gasteiger partial charge in [0.2, 0.25) is 11.8 Å². The predicted octanol–water partition coefficient (Wildman–Crippen LogP) is 2.29. The molecule has 0 aliphatic rings. The highest BCUT2D eigenvalue weighted by molar-refractivity contribution is 7.88. The molecule has 2 N–H and O–H groups in total. The molecule has 11 heteroatoms. The molecule has 2 amide bonds. The molecule has 0 aliphatic heterocycles. The van der Waals surface area contributed by atoms with E-state index in [1.54, 1.807) is 13.0 Å². The monoisotopic (exact) mass is 372 g/mol. The largest absolute Gasteiger partial charge is 0.481 e. The predicted molar refractivity (Wildman–Crippen MR) is 87.8 cm³/mol. The number of ether oxygens (including phenoxy) is 1. The Labute approximate surface area is 143 Å². The molecule has 0 atom stereocenters. The van der Waals surface area contributed by atoms with Crippen LogP contribution in [-0.2, 0) is 10.3 Å². The van der Waals surface area contributed by atoms with Crippen LogP contribution in [0.2, 0.25) is 5.02 Å². The first-order chi connectivity index (χ1) is 11.2. The van der Waals surface area contributed by atoms with Gasteiger partial charge in [-0.1, -0.05) is 23.7 Å². The van der Waals surface area contributed by atoms with Gasteiger partial charge in [0.25, 0.3) is 0 Å². The molecule has 0 unspecified atom stereocenters. The number of urea groups is 1. The van der Waals surface area contributed by atoms with Crippen LogP contribution in [0.25, 0.3) is 0 Å². The Morgan fingerprint density at radius 1 is 1.33 bits per heavy atom. The van der Waals surface area contributed by atoms with E-state index in [2.05, 4.69) is 15.3 Å². The van der Waals surface area contributed by atoms with Crippen LogP contribution in [0.4, 0.5) is 16.4 Å². The summed E-state index contributed by atoms with van der Waals surface area (Å²) in [5.74, 6) is -0.0218. The average molecular weight is 373 g/mol. The van der Waals surface area contributed by atoms with Gasteiger partial charge in [-0.3, -0.25) is 9.87 Å². The Kier molecular flexibility index (Phi) is 5.22. The smallest absolute Gasteiger partial charge is 0.368 e. The molecule has 1 aromatic heterocycles. The van der Waals surface area contributed by atoms with Crippen molar-refractivity contribution in [1.82, 2.24) is 9.97 Å². The summed E-state index contributed by atoms with van der Waals surface area (Å²) in [6.07, 6.45) is 0. The molecule has 2 aromatic rings. The first-order valence-corrected chi connectivity index (χ1v) is 8.23. The number of carbonyl (C=O) groups excluding carboxylic acids is 1. The van der Waals surface area contributed by atoms with Crippen LogP contribution in [0.15, 0.2) is 30.3 Å². The Morgan fingerprint density at radius 2 is 2.00 bits per heavy atom. The van der Waals surface area contributed by atoms with Crippen molar-refractivity contribution in [2.75, 3.05) is 16.7 Å². The summed E-state index contributed by atoms with van der Waals surface area (Å²) < 4.78 is 37.6. The maximum absolute atomic E-state index is 12.3. The van der Waals surface area contributed by atoms with Crippen molar-refractivity contribution in [1.29, 1.82) is 0 Å². The fraction of sp³-hybridized carbons (Fsp3) is 0.154. The van der Waals surface area contributed by atoms with Gasteiger partial charge in [-0.25, -0.2) is 9.78 Å². The van der Waals surface area contributed by atoms with E-state index >= 15 is 0 Å². The minimum Gasteiger partial charge on any atom is -0.481 e. The van der Waals surface area contributed by atoms with E-state index < -0.39 is 16.3 Å². The van der Waals surface area contributed by atoms with E-state index in [0.29, 0.717) is 5.69 Å². The lowest BCUT2D eigenvalue weighted by Crippen LogP contribution is -2.40. The third-order valence-corrected chi connectivity index (χ3v) is 3.89. The van der Waals surface area contributed by atoms with Crippen LogP contribution in [-0.4, -0.2) is 36.1 Å². The van der Waals surface area contributed by atoms with Crippen molar-refractivity contribution in [3.8, 4) is 5.88 Å². The number of methoxy groups -OCH3 is 1. The fourth-order valence-corrected chi connectivity index (χ4v) is 2.73. The maximum Gasteiger partial charge on any atom is 0.368 e. The molecular formula is C13H13ClN4O5S. The normalized spacial score (nSPS) is 11.0. The highest BCUT2D eigenvalue weighted by atomic mass is 35.5. The van der Waals surface area contributed by atoms with Gasteiger partial charge in [0.1, 0.15) is 0 Å². The van der Waals surface area contributed by atoms with Crippen molar-refractivity contribution in [3.63, 3.8) is 0 Å². The number of para-hydroxylation sites is 1. The summed E-state index contributed by atoms with van der Waals surface area (Å²) in [5.41, 5.74) is 0.257. The van der Waals surface area contributed by atoms with Crippen LogP contribution in [0.5, 0.6) is 5.88 Å². The van der Waals surface area contributed by atoms with Crippen LogP contribution in [0, 0.1) is 6.92 Å². The molecule has 9 nitrogen and oxygen atoms in total. The standard InChI is InChI=1S/C13H13ClN4O5S/c1-8-7-11(23-2)16-12(15-8)17-13(19)18(24(20,21)22)10-6-4-3-5-9(10)14/h3-7H,1-2H3,(H,20,21,22)(H,15,16,17,19). The lowest BCUT2D eigenvalue weighted by atomic mass is 10.3. The molecule has 24 heavy (non-hydrogen) atoms. The number of hydrogen-bond donors (Lipinski definition) is 2. The van der Waals surface area contributed by atoms with Crippen molar-refractivity contribution in [2.24, 2.45) is 0 Å². The molecule has 0 saturated heterocycles. The fourth-order valence-electron chi connectivity index (χ4n) is 1.80. The summed E-state index contributed by atoms with van der Waals surface area (Å²) in [4.78, 5) is 20.1. The Morgan fingerprint density at radius 3 is 2.58 bits per heavy atom. The molecule has 1 aromatic carbocycles. The summed E-state index contributed by atoms with van der Waals surface area (Å²) >= 11 is 5.90.